The molecule has 4 nitrogen and oxygen atoms in total. The first-order valence-electron chi connectivity index (χ1n) is 12.5. The van der Waals surface area contributed by atoms with E-state index in [2.05, 4.69) is 19.9 Å². The summed E-state index contributed by atoms with van der Waals surface area (Å²) >= 11 is 0. The average molecular weight is 544 g/mol. The molecule has 10 heteroatoms. The summed E-state index contributed by atoms with van der Waals surface area (Å²) in [5, 5.41) is 0. The highest BCUT2D eigenvalue weighted by molar-refractivity contribution is 5.71. The Morgan fingerprint density at radius 2 is 1.63 bits per heavy atom. The van der Waals surface area contributed by atoms with Crippen molar-refractivity contribution in [1.29, 1.82) is 0 Å². The number of nitrogens with zero attached hydrogens (tertiary/aromatic N) is 1. The first kappa shape index (κ1) is 28.1. The van der Waals surface area contributed by atoms with Crippen LogP contribution in [0.3, 0.4) is 0 Å². The number of amides is 1. The summed E-state index contributed by atoms with van der Waals surface area (Å²) in [5.41, 5.74) is -0.222. The molecule has 2 atom stereocenters. The van der Waals surface area contributed by atoms with Crippen molar-refractivity contribution in [2.45, 2.75) is 77.4 Å². The van der Waals surface area contributed by atoms with Crippen LogP contribution >= 0.6 is 0 Å². The van der Waals surface area contributed by atoms with Crippen LogP contribution in [0.25, 0.3) is 0 Å². The number of carbonyl (C=O) groups is 1. The van der Waals surface area contributed by atoms with E-state index >= 15 is 0 Å². The fourth-order valence-electron chi connectivity index (χ4n) is 5.52. The molecule has 0 unspecified atom stereocenters. The lowest BCUT2D eigenvalue weighted by atomic mass is 9.72. The van der Waals surface area contributed by atoms with Gasteiger partial charge < -0.3 is 9.47 Å². The van der Waals surface area contributed by atoms with Gasteiger partial charge in [-0.25, -0.2) is 4.79 Å². The van der Waals surface area contributed by atoms with Crippen LogP contribution in [0.2, 0.25) is 0 Å². The molecule has 0 bridgehead atoms. The number of allylic oxidation sites excluding steroid dienone is 3. The van der Waals surface area contributed by atoms with E-state index in [1.54, 1.807) is 14.0 Å². The zero-order valence-corrected chi connectivity index (χ0v) is 21.7. The van der Waals surface area contributed by atoms with Crippen LogP contribution in [0, 0.1) is 5.41 Å². The lowest BCUT2D eigenvalue weighted by Gasteiger charge is -2.36. The second-order valence-corrected chi connectivity index (χ2v) is 10.9. The van der Waals surface area contributed by atoms with Crippen molar-refractivity contribution < 1.29 is 40.6 Å². The van der Waals surface area contributed by atoms with Gasteiger partial charge in [0, 0.05) is 12.1 Å². The van der Waals surface area contributed by atoms with Crippen LogP contribution in [0.5, 0.6) is 0 Å². The minimum Gasteiger partial charge on any atom is -0.496 e. The molecule has 2 aliphatic carbocycles. The number of carbonyl (C=O) groups excluding carboxylic acids is 1. The molecule has 1 saturated heterocycles. The van der Waals surface area contributed by atoms with E-state index in [1.165, 1.54) is 4.90 Å². The van der Waals surface area contributed by atoms with Crippen LogP contribution in [-0.2, 0) is 21.8 Å². The summed E-state index contributed by atoms with van der Waals surface area (Å²) in [6.07, 6.45) is -3.83. The molecule has 0 N–H and O–H groups in total. The topological polar surface area (TPSA) is 38.8 Å². The predicted octanol–water partition coefficient (Wildman–Crippen LogP) is 8.36. The molecule has 0 aromatic heterocycles. The third kappa shape index (κ3) is 5.73. The lowest BCUT2D eigenvalue weighted by Crippen LogP contribution is -2.36. The van der Waals surface area contributed by atoms with Crippen LogP contribution in [0.15, 0.2) is 52.8 Å². The number of hydrogen-bond donors (Lipinski definition) is 0. The number of rotatable bonds is 5. The Morgan fingerprint density at radius 1 is 1.03 bits per heavy atom. The van der Waals surface area contributed by atoms with Crippen LogP contribution in [0.1, 0.15) is 75.7 Å². The van der Waals surface area contributed by atoms with Crippen molar-refractivity contribution in [3.8, 4) is 0 Å². The second-order valence-electron chi connectivity index (χ2n) is 10.9. The molecule has 0 radical (unpaired) electrons. The Kier molecular flexibility index (Phi) is 7.40. The van der Waals surface area contributed by atoms with E-state index < -0.39 is 41.7 Å². The monoisotopic (exact) mass is 543 g/mol. The number of hydrogen-bond acceptors (Lipinski definition) is 3. The Labute approximate surface area is 218 Å². The summed E-state index contributed by atoms with van der Waals surface area (Å²) in [5.74, 6) is 0.766. The normalized spacial score (nSPS) is 24.3. The van der Waals surface area contributed by atoms with Gasteiger partial charge in [0.25, 0.3) is 0 Å². The number of halogens is 6. The Morgan fingerprint density at radius 3 is 2.21 bits per heavy atom. The standard InChI is InChI=1S/C28H31F6NO3/c1-16-24(17-11-19(27(29,30)31)13-20(12-17)28(32,33)34)38-25(36)35(16)15-18-14-26(2,3)10-9-21(18)22-7-5-6-8-23(22)37-4/h7-8,11-13,16,24H,5-6,9-10,14-15H2,1-4H3/t16-,24-/m0/s1. The van der Waals surface area contributed by atoms with E-state index in [9.17, 15) is 31.1 Å². The third-order valence-corrected chi connectivity index (χ3v) is 7.52. The molecule has 0 spiro atoms. The van der Waals surface area contributed by atoms with Crippen LogP contribution in [-0.4, -0.2) is 30.7 Å². The summed E-state index contributed by atoms with van der Waals surface area (Å²) in [6.45, 7) is 6.00. The molecule has 1 aromatic carbocycles. The van der Waals surface area contributed by atoms with Crippen molar-refractivity contribution in [3.63, 3.8) is 0 Å². The summed E-state index contributed by atoms with van der Waals surface area (Å²) in [7, 11) is 1.60. The quantitative estimate of drug-likeness (QED) is 0.350. The molecular weight excluding hydrogens is 512 g/mol. The SMILES string of the molecule is COC1=CCCC=C1C1=C(CN2C(=O)O[C@H](c3cc(C(F)(F)F)cc(C(F)(F)F)c3)[C@@H]2C)CC(C)(C)CC1. The van der Waals surface area contributed by atoms with Gasteiger partial charge in [0.05, 0.1) is 24.3 Å². The number of alkyl halides is 6. The number of methoxy groups -OCH3 is 1. The van der Waals surface area contributed by atoms with Crippen LogP contribution < -0.4 is 0 Å². The molecule has 3 aliphatic rings. The molecule has 38 heavy (non-hydrogen) atoms. The second kappa shape index (κ2) is 10.0. The van der Waals surface area contributed by atoms with Crippen molar-refractivity contribution in [1.82, 2.24) is 4.90 Å². The number of benzene rings is 1. The van der Waals surface area contributed by atoms with Gasteiger partial charge in [0.15, 0.2) is 0 Å². The van der Waals surface area contributed by atoms with Crippen molar-refractivity contribution in [2.24, 2.45) is 5.41 Å². The number of cyclic esters (lactones) is 1. The molecule has 208 valence electrons. The van der Waals surface area contributed by atoms with Gasteiger partial charge in [-0.2, -0.15) is 26.3 Å². The summed E-state index contributed by atoms with van der Waals surface area (Å²) < 4.78 is 91.5. The first-order chi connectivity index (χ1) is 17.6. The van der Waals surface area contributed by atoms with Crippen molar-refractivity contribution in [3.05, 3.63) is 69.5 Å². The van der Waals surface area contributed by atoms with E-state index in [4.69, 9.17) is 9.47 Å². The number of ether oxygens (including phenoxy) is 2. The fourth-order valence-corrected chi connectivity index (χ4v) is 5.52. The van der Waals surface area contributed by atoms with Crippen molar-refractivity contribution >= 4 is 6.09 Å². The molecular formula is C28H31F6NO3. The Hall–Kier alpha value is -2.91. The van der Waals surface area contributed by atoms with E-state index in [-0.39, 0.29) is 23.6 Å². The van der Waals surface area contributed by atoms with Gasteiger partial charge in [-0.15, -0.1) is 0 Å². The van der Waals surface area contributed by atoms with Gasteiger partial charge in [0.2, 0.25) is 0 Å². The zero-order valence-electron chi connectivity index (χ0n) is 21.7. The maximum Gasteiger partial charge on any atom is 0.416 e. The smallest absolute Gasteiger partial charge is 0.416 e. The summed E-state index contributed by atoms with van der Waals surface area (Å²) in [4.78, 5) is 14.4. The Balaban J connectivity index is 1.69. The van der Waals surface area contributed by atoms with Gasteiger partial charge in [0.1, 0.15) is 11.9 Å². The molecule has 4 rings (SSSR count). The van der Waals surface area contributed by atoms with Gasteiger partial charge in [-0.05, 0) is 85.4 Å². The maximum absolute atomic E-state index is 13.4. The van der Waals surface area contributed by atoms with Gasteiger partial charge >= 0.3 is 18.4 Å². The minimum atomic E-state index is -4.99. The minimum absolute atomic E-state index is 0.0417. The average Bonchev–Trinajstić information content (AvgIpc) is 3.11. The highest BCUT2D eigenvalue weighted by Gasteiger charge is 2.44. The first-order valence-corrected chi connectivity index (χ1v) is 12.5. The van der Waals surface area contributed by atoms with Crippen LogP contribution in [0.4, 0.5) is 31.1 Å². The fraction of sp³-hybridized carbons (Fsp3) is 0.536. The van der Waals surface area contributed by atoms with E-state index in [1.807, 2.05) is 6.08 Å². The lowest BCUT2D eigenvalue weighted by molar-refractivity contribution is -0.143. The van der Waals surface area contributed by atoms with Gasteiger partial charge in [-0.3, -0.25) is 4.90 Å². The largest absolute Gasteiger partial charge is 0.496 e. The van der Waals surface area contributed by atoms with Gasteiger partial charge in [-0.1, -0.05) is 19.9 Å². The Bertz CT molecular complexity index is 1160. The summed E-state index contributed by atoms with van der Waals surface area (Å²) in [6, 6.07) is 0.542. The molecule has 1 fully saturated rings. The molecule has 1 heterocycles. The van der Waals surface area contributed by atoms with Crippen molar-refractivity contribution in [2.75, 3.05) is 13.7 Å². The molecule has 0 saturated carbocycles. The van der Waals surface area contributed by atoms with E-state index in [0.29, 0.717) is 18.6 Å². The maximum atomic E-state index is 13.4. The molecule has 1 amide bonds. The van der Waals surface area contributed by atoms with E-state index in [0.717, 1.165) is 48.2 Å². The third-order valence-electron chi connectivity index (χ3n) is 7.52. The predicted molar refractivity (Wildman–Crippen MR) is 129 cm³/mol. The highest BCUT2D eigenvalue weighted by atomic mass is 19.4. The zero-order chi connectivity index (χ0) is 28.0. The molecule has 1 aliphatic heterocycles. The highest BCUT2D eigenvalue weighted by Crippen LogP contribution is 2.45. The molecule has 1 aromatic rings.